The van der Waals surface area contributed by atoms with E-state index in [1.807, 2.05) is 13.1 Å². The van der Waals surface area contributed by atoms with Crippen molar-refractivity contribution >= 4 is 0 Å². The molecule has 0 saturated heterocycles. The molecule has 1 N–H and O–H groups in total. The van der Waals surface area contributed by atoms with Gasteiger partial charge in [-0.3, -0.25) is 4.90 Å². The van der Waals surface area contributed by atoms with Gasteiger partial charge in [-0.05, 0) is 19.5 Å². The van der Waals surface area contributed by atoms with Gasteiger partial charge in [0.05, 0.1) is 19.4 Å². The van der Waals surface area contributed by atoms with Crippen molar-refractivity contribution in [2.24, 2.45) is 0 Å². The molecule has 0 unspecified atom stereocenters. The molecule has 1 aromatic heterocycles. The number of nitrogens with zero attached hydrogens (tertiary/aromatic N) is 1. The van der Waals surface area contributed by atoms with Crippen LogP contribution in [-0.4, -0.2) is 52.5 Å². The number of ether oxygens (including phenoxy) is 2. The molecule has 1 aromatic rings. The summed E-state index contributed by atoms with van der Waals surface area (Å²) >= 11 is 0. The number of furan rings is 1. The van der Waals surface area contributed by atoms with Gasteiger partial charge in [-0.2, -0.15) is 0 Å². The zero-order chi connectivity index (χ0) is 13.9. The minimum Gasteiger partial charge on any atom is -0.468 e. The van der Waals surface area contributed by atoms with Crippen molar-refractivity contribution in [2.75, 3.05) is 47.6 Å². The van der Waals surface area contributed by atoms with Crippen molar-refractivity contribution in [3.63, 3.8) is 0 Å². The molecule has 5 heteroatoms. The Labute approximate surface area is 115 Å². The van der Waals surface area contributed by atoms with Gasteiger partial charge in [-0.1, -0.05) is 0 Å². The van der Waals surface area contributed by atoms with Crippen molar-refractivity contribution in [1.82, 2.24) is 10.2 Å². The molecule has 0 aromatic carbocycles. The molecule has 1 rings (SSSR count). The zero-order valence-corrected chi connectivity index (χ0v) is 12.3. The number of hydrogen-bond donors (Lipinski definition) is 1. The first kappa shape index (κ1) is 16.2. The third kappa shape index (κ3) is 6.20. The minimum absolute atomic E-state index is 0.742. The van der Waals surface area contributed by atoms with Crippen molar-refractivity contribution in [2.45, 2.75) is 19.5 Å². The van der Waals surface area contributed by atoms with Crippen LogP contribution in [0, 0.1) is 0 Å². The first-order chi connectivity index (χ1) is 9.31. The van der Waals surface area contributed by atoms with Gasteiger partial charge in [0.15, 0.2) is 0 Å². The highest BCUT2D eigenvalue weighted by Gasteiger charge is 2.11. The summed E-state index contributed by atoms with van der Waals surface area (Å²) in [7, 11) is 5.39. The molecule has 0 atom stereocenters. The molecule has 0 aliphatic rings. The van der Waals surface area contributed by atoms with E-state index in [-0.39, 0.29) is 0 Å². The van der Waals surface area contributed by atoms with E-state index in [9.17, 15) is 0 Å². The predicted molar refractivity (Wildman–Crippen MR) is 75.1 cm³/mol. The summed E-state index contributed by atoms with van der Waals surface area (Å²) in [6.45, 7) is 5.11. The van der Waals surface area contributed by atoms with Crippen LogP contribution in [0.2, 0.25) is 0 Å². The highest BCUT2D eigenvalue weighted by atomic mass is 16.5. The Morgan fingerprint density at radius 3 is 2.68 bits per heavy atom. The van der Waals surface area contributed by atoms with Crippen molar-refractivity contribution in [3.8, 4) is 0 Å². The van der Waals surface area contributed by atoms with Crippen LogP contribution in [0.1, 0.15) is 17.7 Å². The van der Waals surface area contributed by atoms with Crippen molar-refractivity contribution < 1.29 is 13.9 Å². The van der Waals surface area contributed by atoms with E-state index >= 15 is 0 Å². The summed E-state index contributed by atoms with van der Waals surface area (Å²) in [5.74, 6) is 1.01. The Bertz CT molecular complexity index is 328. The van der Waals surface area contributed by atoms with Crippen LogP contribution < -0.4 is 5.32 Å². The van der Waals surface area contributed by atoms with Crippen molar-refractivity contribution in [1.29, 1.82) is 0 Å². The first-order valence-electron chi connectivity index (χ1n) is 6.72. The van der Waals surface area contributed by atoms with Crippen molar-refractivity contribution in [3.05, 3.63) is 23.7 Å². The summed E-state index contributed by atoms with van der Waals surface area (Å²) < 4.78 is 15.8. The molecule has 1 heterocycles. The molecular weight excluding hydrogens is 244 g/mol. The number of methoxy groups -OCH3 is 2. The highest BCUT2D eigenvalue weighted by Crippen LogP contribution is 2.13. The molecule has 0 spiro atoms. The maximum Gasteiger partial charge on any atom is 0.122 e. The molecular formula is C14H26N2O3. The third-order valence-electron chi connectivity index (χ3n) is 3.00. The van der Waals surface area contributed by atoms with E-state index in [0.717, 1.165) is 51.6 Å². The Morgan fingerprint density at radius 2 is 2.00 bits per heavy atom. The number of rotatable bonds is 11. The average Bonchev–Trinajstić information content (AvgIpc) is 2.84. The molecule has 19 heavy (non-hydrogen) atoms. The molecule has 0 fully saturated rings. The topological polar surface area (TPSA) is 46.9 Å². The van der Waals surface area contributed by atoms with Gasteiger partial charge in [-0.15, -0.1) is 0 Å². The van der Waals surface area contributed by atoms with E-state index in [1.165, 1.54) is 5.56 Å². The molecule has 0 aliphatic carbocycles. The lowest BCUT2D eigenvalue weighted by atomic mass is 10.2. The van der Waals surface area contributed by atoms with Crippen LogP contribution in [0.4, 0.5) is 0 Å². The lowest BCUT2D eigenvalue weighted by Crippen LogP contribution is -2.29. The van der Waals surface area contributed by atoms with Gasteiger partial charge in [0.2, 0.25) is 0 Å². The maximum atomic E-state index is 5.49. The van der Waals surface area contributed by atoms with Gasteiger partial charge in [0.25, 0.3) is 0 Å². The number of hydrogen-bond acceptors (Lipinski definition) is 5. The van der Waals surface area contributed by atoms with Crippen LogP contribution in [0.3, 0.4) is 0 Å². The van der Waals surface area contributed by atoms with Gasteiger partial charge >= 0.3 is 0 Å². The highest BCUT2D eigenvalue weighted by molar-refractivity contribution is 5.16. The zero-order valence-electron chi connectivity index (χ0n) is 12.3. The molecule has 0 aliphatic heterocycles. The van der Waals surface area contributed by atoms with Gasteiger partial charge < -0.3 is 19.2 Å². The summed E-state index contributed by atoms with van der Waals surface area (Å²) in [6.07, 6.45) is 2.78. The lowest BCUT2D eigenvalue weighted by molar-refractivity contribution is 0.129. The van der Waals surface area contributed by atoms with Crippen LogP contribution in [-0.2, 0) is 22.6 Å². The van der Waals surface area contributed by atoms with Crippen LogP contribution in [0.5, 0.6) is 0 Å². The molecule has 0 radical (unpaired) electrons. The van der Waals surface area contributed by atoms with E-state index in [4.69, 9.17) is 13.9 Å². The van der Waals surface area contributed by atoms with Gasteiger partial charge in [0, 0.05) is 46.0 Å². The molecule has 0 saturated carbocycles. The first-order valence-corrected chi connectivity index (χ1v) is 6.72. The Kier molecular flexibility index (Phi) is 8.49. The van der Waals surface area contributed by atoms with E-state index in [1.54, 1.807) is 20.5 Å². The Hall–Kier alpha value is -0.880. The summed E-state index contributed by atoms with van der Waals surface area (Å²) in [4.78, 5) is 2.37. The standard InChI is InChI=1S/C14H26N2O3/c1-15-11-14-13(5-9-19-14)12-16(7-10-18-3)6-4-8-17-2/h5,9,15H,4,6-8,10-12H2,1-3H3. The normalized spacial score (nSPS) is 11.4. The SMILES string of the molecule is CNCc1occc1CN(CCCOC)CCOC. The smallest absolute Gasteiger partial charge is 0.122 e. The Balaban J connectivity index is 2.51. The lowest BCUT2D eigenvalue weighted by Gasteiger charge is -2.21. The van der Waals surface area contributed by atoms with Gasteiger partial charge in [-0.25, -0.2) is 0 Å². The molecule has 5 nitrogen and oxygen atoms in total. The third-order valence-corrected chi connectivity index (χ3v) is 3.00. The fourth-order valence-electron chi connectivity index (χ4n) is 1.99. The summed E-state index contributed by atoms with van der Waals surface area (Å²) in [6, 6.07) is 2.04. The fraction of sp³-hybridized carbons (Fsp3) is 0.714. The molecule has 0 amide bonds. The largest absolute Gasteiger partial charge is 0.468 e. The second-order valence-corrected chi connectivity index (χ2v) is 4.51. The predicted octanol–water partition coefficient (Wildman–Crippen LogP) is 1.48. The van der Waals surface area contributed by atoms with Crippen LogP contribution in [0.25, 0.3) is 0 Å². The second-order valence-electron chi connectivity index (χ2n) is 4.51. The average molecular weight is 270 g/mol. The number of nitrogens with one attached hydrogen (secondary N) is 1. The Morgan fingerprint density at radius 1 is 1.21 bits per heavy atom. The quantitative estimate of drug-likeness (QED) is 0.617. The second kappa shape index (κ2) is 9.97. The molecule has 0 bridgehead atoms. The summed E-state index contributed by atoms with van der Waals surface area (Å²) in [5.41, 5.74) is 1.24. The maximum absolute atomic E-state index is 5.49. The van der Waals surface area contributed by atoms with Crippen LogP contribution in [0.15, 0.2) is 16.7 Å². The fourth-order valence-corrected chi connectivity index (χ4v) is 1.99. The summed E-state index contributed by atoms with van der Waals surface area (Å²) in [5, 5.41) is 3.12. The van der Waals surface area contributed by atoms with E-state index in [0.29, 0.717) is 0 Å². The van der Waals surface area contributed by atoms with Crippen LogP contribution >= 0.6 is 0 Å². The monoisotopic (exact) mass is 270 g/mol. The molecule has 110 valence electrons. The van der Waals surface area contributed by atoms with Gasteiger partial charge in [0.1, 0.15) is 5.76 Å². The minimum atomic E-state index is 0.742. The van der Waals surface area contributed by atoms with E-state index in [2.05, 4.69) is 10.2 Å². The van der Waals surface area contributed by atoms with E-state index < -0.39 is 0 Å².